The number of carbonyl (C=O) groups is 2. The maximum atomic E-state index is 13.9. The van der Waals surface area contributed by atoms with E-state index in [1.807, 2.05) is 33.8 Å². The second-order valence-corrected chi connectivity index (χ2v) is 12.0. The van der Waals surface area contributed by atoms with Crippen LogP contribution in [0.15, 0.2) is 55.3 Å². The molecule has 1 N–H and O–H groups in total. The molecule has 0 spiro atoms. The van der Waals surface area contributed by atoms with Gasteiger partial charge in [0.05, 0.1) is 23.0 Å². The van der Waals surface area contributed by atoms with E-state index in [4.69, 9.17) is 9.47 Å². The predicted octanol–water partition coefficient (Wildman–Crippen LogP) is 5.72. The van der Waals surface area contributed by atoms with Gasteiger partial charge in [-0.15, -0.1) is 5.10 Å². The summed E-state index contributed by atoms with van der Waals surface area (Å²) in [4.78, 5) is 24.5. The van der Waals surface area contributed by atoms with Gasteiger partial charge < -0.3 is 19.7 Å². The Labute approximate surface area is 255 Å². The zero-order valence-corrected chi connectivity index (χ0v) is 25.4. The van der Waals surface area contributed by atoms with E-state index < -0.39 is 17.3 Å². The highest BCUT2D eigenvalue weighted by molar-refractivity contribution is 6.02. The van der Waals surface area contributed by atoms with Gasteiger partial charge in [0, 0.05) is 36.4 Å². The summed E-state index contributed by atoms with van der Waals surface area (Å²) >= 11 is 0. The fourth-order valence-corrected chi connectivity index (χ4v) is 4.93. The molecule has 1 aliphatic rings. The van der Waals surface area contributed by atoms with Crippen LogP contribution < -0.4 is 15.0 Å². The molecule has 0 saturated heterocycles. The van der Waals surface area contributed by atoms with Crippen molar-refractivity contribution in [1.82, 2.24) is 20.3 Å². The molecule has 2 aromatic carbocycles. The fourth-order valence-electron chi connectivity index (χ4n) is 4.93. The smallest absolute Gasteiger partial charge is 0.416 e. The van der Waals surface area contributed by atoms with Crippen molar-refractivity contribution in [2.45, 2.75) is 77.4 Å². The Morgan fingerprint density at radius 2 is 1.91 bits per heavy atom. The number of nitrogens with one attached hydrogen (secondary N) is 1. The van der Waals surface area contributed by atoms with Crippen LogP contribution >= 0.6 is 0 Å². The molecule has 3 aromatic rings. The van der Waals surface area contributed by atoms with Crippen molar-refractivity contribution in [3.8, 4) is 17.0 Å². The maximum absolute atomic E-state index is 13.9. The van der Waals surface area contributed by atoms with Gasteiger partial charge in [-0.2, -0.15) is 13.2 Å². The number of aryl methyl sites for hydroxylation is 1. The van der Waals surface area contributed by atoms with Crippen LogP contribution in [-0.4, -0.2) is 51.6 Å². The van der Waals surface area contributed by atoms with Crippen molar-refractivity contribution in [3.63, 3.8) is 0 Å². The average molecular weight is 614 g/mol. The predicted molar refractivity (Wildman–Crippen MR) is 160 cm³/mol. The highest BCUT2D eigenvalue weighted by atomic mass is 19.4. The second kappa shape index (κ2) is 13.2. The normalized spacial score (nSPS) is 13.5. The molecule has 0 saturated carbocycles. The Hall–Kier alpha value is -4.19. The minimum atomic E-state index is -4.57. The second-order valence-electron chi connectivity index (χ2n) is 12.0. The molecule has 12 heteroatoms. The standard InChI is InChI=1S/C32H38F3N5O4/c1-6-29(42)40-13-10-25-27(40)8-7-9-28(25)43-20-22-16-23(18-24(17-22)32(33,34)35)26-19-39(38-37-26)14-11-31(4,5)44-15-12-30(2,3)36-21-41/h6-9,16-19,21H,1,10-15,20H2,2-5H3,(H,36,41). The van der Waals surface area contributed by atoms with E-state index in [-0.39, 0.29) is 23.6 Å². The third kappa shape index (κ3) is 8.25. The van der Waals surface area contributed by atoms with Crippen molar-refractivity contribution < 1.29 is 32.2 Å². The number of benzene rings is 2. The SMILES string of the molecule is C=CC(=O)N1CCc2c(OCc3cc(-c4cn(CCC(C)(C)OCCC(C)(C)NC=O)nn4)cc(C(F)(F)F)c3)cccc21. The summed E-state index contributed by atoms with van der Waals surface area (Å²) in [6, 6.07) is 9.04. The number of hydrogen-bond donors (Lipinski definition) is 1. The number of anilines is 1. The van der Waals surface area contributed by atoms with E-state index in [9.17, 15) is 22.8 Å². The molecule has 0 atom stereocenters. The molecule has 0 bridgehead atoms. The third-order valence-electron chi connectivity index (χ3n) is 7.59. The number of ether oxygens (including phenoxy) is 2. The zero-order chi connectivity index (χ0) is 32.1. The average Bonchev–Trinajstić information content (AvgIpc) is 3.62. The minimum absolute atomic E-state index is 0.110. The van der Waals surface area contributed by atoms with Crippen LogP contribution in [-0.2, 0) is 40.1 Å². The molecular weight excluding hydrogens is 575 g/mol. The lowest BCUT2D eigenvalue weighted by molar-refractivity contribution is -0.137. The van der Waals surface area contributed by atoms with E-state index in [0.29, 0.717) is 68.1 Å². The van der Waals surface area contributed by atoms with Gasteiger partial charge in [0.25, 0.3) is 0 Å². The summed E-state index contributed by atoms with van der Waals surface area (Å²) in [5.74, 6) is 0.292. The number of aromatic nitrogens is 3. The van der Waals surface area contributed by atoms with Crippen LogP contribution in [0.1, 0.15) is 57.2 Å². The van der Waals surface area contributed by atoms with Gasteiger partial charge in [0.1, 0.15) is 18.1 Å². The van der Waals surface area contributed by atoms with E-state index in [2.05, 4.69) is 22.2 Å². The Bertz CT molecular complexity index is 1500. The van der Waals surface area contributed by atoms with Crippen LogP contribution in [0.25, 0.3) is 11.3 Å². The van der Waals surface area contributed by atoms with Gasteiger partial charge in [-0.25, -0.2) is 0 Å². The Balaban J connectivity index is 1.46. The van der Waals surface area contributed by atoms with E-state index >= 15 is 0 Å². The molecule has 0 unspecified atom stereocenters. The first kappa shape index (κ1) is 32.7. The number of hydrogen-bond acceptors (Lipinski definition) is 6. The summed E-state index contributed by atoms with van der Waals surface area (Å²) in [5, 5.41) is 11.0. The zero-order valence-electron chi connectivity index (χ0n) is 25.4. The molecule has 0 aliphatic carbocycles. The lowest BCUT2D eigenvalue weighted by Crippen LogP contribution is -2.40. The lowest BCUT2D eigenvalue weighted by atomic mass is 10.0. The first-order chi connectivity index (χ1) is 20.7. The lowest BCUT2D eigenvalue weighted by Gasteiger charge is -2.29. The Morgan fingerprint density at radius 3 is 2.61 bits per heavy atom. The van der Waals surface area contributed by atoms with Crippen LogP contribution in [0, 0.1) is 0 Å². The number of carbonyl (C=O) groups excluding carboxylic acids is 2. The molecule has 2 amide bonds. The largest absolute Gasteiger partial charge is 0.489 e. The summed E-state index contributed by atoms with van der Waals surface area (Å²) in [7, 11) is 0. The van der Waals surface area contributed by atoms with Gasteiger partial charge in [0.15, 0.2) is 0 Å². The molecule has 0 fully saturated rings. The molecule has 4 rings (SSSR count). The van der Waals surface area contributed by atoms with Crippen LogP contribution in [0.3, 0.4) is 0 Å². The first-order valence-electron chi connectivity index (χ1n) is 14.4. The molecule has 1 aliphatic heterocycles. The summed E-state index contributed by atoms with van der Waals surface area (Å²) in [6.45, 7) is 12.5. The number of nitrogens with zero attached hydrogens (tertiary/aromatic N) is 4. The van der Waals surface area contributed by atoms with Crippen molar-refractivity contribution >= 4 is 18.0 Å². The highest BCUT2D eigenvalue weighted by Crippen LogP contribution is 2.37. The number of fused-ring (bicyclic) bond motifs is 1. The molecular formula is C32H38F3N5O4. The summed E-state index contributed by atoms with van der Waals surface area (Å²) in [5.41, 5.74) is 0.723. The van der Waals surface area contributed by atoms with Gasteiger partial charge >= 0.3 is 6.18 Å². The van der Waals surface area contributed by atoms with Crippen molar-refractivity contribution in [2.24, 2.45) is 0 Å². The van der Waals surface area contributed by atoms with E-state index in [1.165, 1.54) is 6.08 Å². The van der Waals surface area contributed by atoms with Crippen molar-refractivity contribution in [1.29, 1.82) is 0 Å². The Morgan fingerprint density at radius 1 is 1.14 bits per heavy atom. The highest BCUT2D eigenvalue weighted by Gasteiger charge is 2.32. The fraction of sp³-hybridized carbons (Fsp3) is 0.438. The van der Waals surface area contributed by atoms with Crippen LogP contribution in [0.5, 0.6) is 5.75 Å². The molecule has 2 heterocycles. The monoisotopic (exact) mass is 613 g/mol. The summed E-state index contributed by atoms with van der Waals surface area (Å²) < 4.78 is 55.2. The topological polar surface area (TPSA) is 98.6 Å². The van der Waals surface area contributed by atoms with Gasteiger partial charge in [-0.1, -0.05) is 17.9 Å². The van der Waals surface area contributed by atoms with E-state index in [0.717, 1.165) is 17.7 Å². The first-order valence-corrected chi connectivity index (χ1v) is 14.4. The number of rotatable bonds is 14. The Kier molecular flexibility index (Phi) is 9.82. The van der Waals surface area contributed by atoms with Crippen LogP contribution in [0.4, 0.5) is 18.9 Å². The van der Waals surface area contributed by atoms with Crippen molar-refractivity contribution in [3.05, 3.63) is 71.9 Å². The molecule has 1 aromatic heterocycles. The minimum Gasteiger partial charge on any atom is -0.489 e. The number of amides is 2. The molecule has 9 nitrogen and oxygen atoms in total. The third-order valence-corrected chi connectivity index (χ3v) is 7.59. The maximum Gasteiger partial charge on any atom is 0.416 e. The molecule has 44 heavy (non-hydrogen) atoms. The molecule has 0 radical (unpaired) electrons. The number of alkyl halides is 3. The van der Waals surface area contributed by atoms with Gasteiger partial charge in [-0.3, -0.25) is 14.3 Å². The van der Waals surface area contributed by atoms with Crippen LogP contribution in [0.2, 0.25) is 0 Å². The quantitative estimate of drug-likeness (QED) is 0.185. The summed E-state index contributed by atoms with van der Waals surface area (Å²) in [6.07, 6.45) is 0.737. The number of halogens is 3. The van der Waals surface area contributed by atoms with E-state index in [1.54, 1.807) is 34.0 Å². The van der Waals surface area contributed by atoms with Crippen molar-refractivity contribution in [2.75, 3.05) is 18.1 Å². The van der Waals surface area contributed by atoms with Gasteiger partial charge in [-0.05, 0) is 88.9 Å². The molecule has 236 valence electrons. The van der Waals surface area contributed by atoms with Gasteiger partial charge in [0.2, 0.25) is 12.3 Å².